The Balaban J connectivity index is 2.62. The minimum absolute atomic E-state index is 0.570. The van der Waals surface area contributed by atoms with Crippen LogP contribution in [0.15, 0.2) is 12.1 Å². The second-order valence-electron chi connectivity index (χ2n) is 5.61. The summed E-state index contributed by atoms with van der Waals surface area (Å²) < 4.78 is 0. The summed E-state index contributed by atoms with van der Waals surface area (Å²) in [7, 11) is 0. The van der Waals surface area contributed by atoms with Crippen molar-refractivity contribution in [2.75, 3.05) is 6.54 Å². The highest BCUT2D eigenvalue weighted by molar-refractivity contribution is 7.12. The Morgan fingerprint density at radius 1 is 1.16 bits per heavy atom. The first kappa shape index (κ1) is 16.7. The van der Waals surface area contributed by atoms with Crippen molar-refractivity contribution < 1.29 is 0 Å². The van der Waals surface area contributed by atoms with Gasteiger partial charge in [0.2, 0.25) is 0 Å². The number of hydrogen-bond acceptors (Lipinski definition) is 2. The van der Waals surface area contributed by atoms with Gasteiger partial charge in [-0.2, -0.15) is 0 Å². The lowest BCUT2D eigenvalue weighted by Crippen LogP contribution is -2.23. The van der Waals surface area contributed by atoms with E-state index >= 15 is 0 Å². The van der Waals surface area contributed by atoms with Gasteiger partial charge in [0.1, 0.15) is 0 Å². The fraction of sp³-hybridized carbons (Fsp3) is 0.765. The molecule has 1 rings (SSSR count). The van der Waals surface area contributed by atoms with Gasteiger partial charge >= 0.3 is 0 Å². The molecule has 2 atom stereocenters. The Morgan fingerprint density at radius 2 is 1.95 bits per heavy atom. The third-order valence-electron chi connectivity index (χ3n) is 3.86. The molecule has 0 saturated heterocycles. The lowest BCUT2D eigenvalue weighted by Gasteiger charge is -2.23. The Labute approximate surface area is 123 Å². The minimum atomic E-state index is 0.570. The van der Waals surface area contributed by atoms with Crippen molar-refractivity contribution in [1.29, 1.82) is 0 Å². The Kier molecular flexibility index (Phi) is 8.40. The monoisotopic (exact) mass is 281 g/mol. The van der Waals surface area contributed by atoms with E-state index in [1.54, 1.807) is 0 Å². The maximum absolute atomic E-state index is 3.75. The number of hydrogen-bond donors (Lipinski definition) is 1. The first-order valence-corrected chi connectivity index (χ1v) is 8.82. The topological polar surface area (TPSA) is 12.0 Å². The first-order valence-electron chi connectivity index (χ1n) is 8.00. The molecule has 1 N–H and O–H groups in total. The molecule has 0 fully saturated rings. The van der Waals surface area contributed by atoms with E-state index < -0.39 is 0 Å². The molecule has 0 amide bonds. The summed E-state index contributed by atoms with van der Waals surface area (Å²) in [6.07, 6.45) is 7.92. The second kappa shape index (κ2) is 9.55. The summed E-state index contributed by atoms with van der Waals surface area (Å²) in [5.74, 6) is 0.872. The van der Waals surface area contributed by atoms with Crippen molar-refractivity contribution in [2.24, 2.45) is 5.92 Å². The Bertz CT molecular complexity index is 332. The van der Waals surface area contributed by atoms with Crippen LogP contribution in [0, 0.1) is 12.8 Å². The van der Waals surface area contributed by atoms with Gasteiger partial charge in [0, 0.05) is 15.8 Å². The third-order valence-corrected chi connectivity index (χ3v) is 4.97. The zero-order valence-electron chi connectivity index (χ0n) is 13.2. The molecule has 0 saturated carbocycles. The molecule has 2 heteroatoms. The highest BCUT2D eigenvalue weighted by Gasteiger charge is 2.17. The highest BCUT2D eigenvalue weighted by Crippen LogP contribution is 2.30. The van der Waals surface area contributed by atoms with E-state index in [9.17, 15) is 0 Å². The molecular weight excluding hydrogens is 250 g/mol. The van der Waals surface area contributed by atoms with Gasteiger partial charge in [0.15, 0.2) is 0 Å². The summed E-state index contributed by atoms with van der Waals surface area (Å²) in [4.78, 5) is 2.96. The predicted molar refractivity (Wildman–Crippen MR) is 88.0 cm³/mol. The average molecular weight is 282 g/mol. The van der Waals surface area contributed by atoms with Crippen molar-refractivity contribution in [3.05, 3.63) is 21.9 Å². The molecule has 0 radical (unpaired) electrons. The predicted octanol–water partition coefficient (Wildman–Crippen LogP) is 5.70. The molecule has 0 spiro atoms. The van der Waals surface area contributed by atoms with Crippen LogP contribution in [0.1, 0.15) is 75.1 Å². The normalized spacial score (nSPS) is 14.5. The van der Waals surface area contributed by atoms with Crippen molar-refractivity contribution in [3.63, 3.8) is 0 Å². The number of nitrogens with one attached hydrogen (secondary N) is 1. The van der Waals surface area contributed by atoms with Crippen LogP contribution >= 0.6 is 11.3 Å². The van der Waals surface area contributed by atoms with Gasteiger partial charge in [0.05, 0.1) is 0 Å². The van der Waals surface area contributed by atoms with Gasteiger partial charge < -0.3 is 5.32 Å². The molecule has 0 aliphatic carbocycles. The zero-order valence-corrected chi connectivity index (χ0v) is 14.0. The molecule has 1 heterocycles. The highest BCUT2D eigenvalue weighted by atomic mass is 32.1. The summed E-state index contributed by atoms with van der Waals surface area (Å²) in [6, 6.07) is 5.15. The average Bonchev–Trinajstić information content (AvgIpc) is 2.84. The quantitative estimate of drug-likeness (QED) is 0.579. The standard InChI is InChI=1S/C17H31NS/c1-5-8-9-15(7-3)13-16(18-12-6-2)17-11-10-14(4)19-17/h10-11,15-16,18H,5-9,12-13H2,1-4H3. The summed E-state index contributed by atoms with van der Waals surface area (Å²) in [5.41, 5.74) is 0. The maximum Gasteiger partial charge on any atom is 0.0417 e. The van der Waals surface area contributed by atoms with Crippen molar-refractivity contribution in [1.82, 2.24) is 5.32 Å². The maximum atomic E-state index is 3.75. The number of aryl methyl sites for hydroxylation is 1. The van der Waals surface area contributed by atoms with E-state index in [2.05, 4.69) is 45.1 Å². The Morgan fingerprint density at radius 3 is 2.47 bits per heavy atom. The lowest BCUT2D eigenvalue weighted by atomic mass is 9.91. The zero-order chi connectivity index (χ0) is 14.1. The minimum Gasteiger partial charge on any atom is -0.309 e. The summed E-state index contributed by atoms with van der Waals surface area (Å²) in [5, 5.41) is 3.75. The number of rotatable bonds is 10. The van der Waals surface area contributed by atoms with Gasteiger partial charge in [-0.25, -0.2) is 0 Å². The van der Waals surface area contributed by atoms with E-state index in [-0.39, 0.29) is 0 Å². The van der Waals surface area contributed by atoms with Crippen LogP contribution < -0.4 is 5.32 Å². The molecular formula is C17H31NS. The van der Waals surface area contributed by atoms with Crippen LogP contribution in [0.2, 0.25) is 0 Å². The van der Waals surface area contributed by atoms with Crippen LogP contribution in [-0.2, 0) is 0 Å². The van der Waals surface area contributed by atoms with Crippen LogP contribution in [0.25, 0.3) is 0 Å². The molecule has 19 heavy (non-hydrogen) atoms. The van der Waals surface area contributed by atoms with Crippen LogP contribution in [0.5, 0.6) is 0 Å². The van der Waals surface area contributed by atoms with Crippen LogP contribution in [0.3, 0.4) is 0 Å². The smallest absolute Gasteiger partial charge is 0.0417 e. The van der Waals surface area contributed by atoms with E-state index in [1.165, 1.54) is 48.3 Å². The molecule has 110 valence electrons. The van der Waals surface area contributed by atoms with E-state index in [1.807, 2.05) is 11.3 Å². The van der Waals surface area contributed by atoms with Gasteiger partial charge in [-0.05, 0) is 44.4 Å². The molecule has 0 bridgehead atoms. The van der Waals surface area contributed by atoms with E-state index in [4.69, 9.17) is 0 Å². The fourth-order valence-corrected chi connectivity index (χ4v) is 3.54. The second-order valence-corrected chi connectivity index (χ2v) is 6.93. The summed E-state index contributed by atoms with van der Waals surface area (Å²) in [6.45, 7) is 10.2. The molecule has 0 aliphatic heterocycles. The third kappa shape index (κ3) is 6.09. The van der Waals surface area contributed by atoms with Gasteiger partial charge in [-0.1, -0.05) is 46.5 Å². The number of thiophene rings is 1. The molecule has 0 aliphatic rings. The molecule has 1 nitrogen and oxygen atoms in total. The number of unbranched alkanes of at least 4 members (excludes halogenated alkanes) is 1. The van der Waals surface area contributed by atoms with Gasteiger partial charge in [0.25, 0.3) is 0 Å². The van der Waals surface area contributed by atoms with E-state index in [0.29, 0.717) is 6.04 Å². The van der Waals surface area contributed by atoms with E-state index in [0.717, 1.165) is 12.5 Å². The van der Waals surface area contributed by atoms with Gasteiger partial charge in [-0.3, -0.25) is 0 Å². The fourth-order valence-electron chi connectivity index (χ4n) is 2.57. The Hall–Kier alpha value is -0.340. The molecule has 1 aromatic heterocycles. The molecule has 1 aromatic rings. The molecule has 2 unspecified atom stereocenters. The van der Waals surface area contributed by atoms with Crippen LogP contribution in [0.4, 0.5) is 0 Å². The lowest BCUT2D eigenvalue weighted by molar-refractivity contribution is 0.356. The van der Waals surface area contributed by atoms with Crippen molar-refractivity contribution in [3.8, 4) is 0 Å². The van der Waals surface area contributed by atoms with Crippen molar-refractivity contribution >= 4 is 11.3 Å². The van der Waals surface area contributed by atoms with Gasteiger partial charge in [-0.15, -0.1) is 11.3 Å². The summed E-state index contributed by atoms with van der Waals surface area (Å²) >= 11 is 1.96. The van der Waals surface area contributed by atoms with Crippen molar-refractivity contribution in [2.45, 2.75) is 72.3 Å². The molecule has 0 aromatic carbocycles. The first-order chi connectivity index (χ1) is 9.21. The largest absolute Gasteiger partial charge is 0.309 e. The SMILES string of the molecule is CCCCC(CC)CC(NCCC)c1ccc(C)s1. The van der Waals surface area contributed by atoms with Crippen LogP contribution in [-0.4, -0.2) is 6.54 Å².